The van der Waals surface area contributed by atoms with Gasteiger partial charge in [0.25, 0.3) is 0 Å². The molecule has 1 atom stereocenters. The third-order valence-electron chi connectivity index (χ3n) is 3.72. The molecule has 6 heteroatoms. The van der Waals surface area contributed by atoms with Crippen LogP contribution in [0.25, 0.3) is 0 Å². The molecule has 116 valence electrons. The second kappa shape index (κ2) is 6.43. The van der Waals surface area contributed by atoms with Gasteiger partial charge in [0.2, 0.25) is 0 Å². The quantitative estimate of drug-likeness (QED) is 0.773. The standard InChI is InChI=1S/C14H27N3O3/c1-10(16(5)11-6-7-11)8-15-13(20)17(9-12(18)19)14(2,3)4/h10-11H,6-9H2,1-5H3,(H,15,20)(H,18,19). The summed E-state index contributed by atoms with van der Waals surface area (Å²) in [5, 5.41) is 11.8. The number of carbonyl (C=O) groups is 2. The predicted molar refractivity (Wildman–Crippen MR) is 77.7 cm³/mol. The second-order valence-corrected chi connectivity index (χ2v) is 6.58. The number of nitrogens with one attached hydrogen (secondary N) is 1. The van der Waals surface area contributed by atoms with Crippen molar-refractivity contribution < 1.29 is 14.7 Å². The minimum Gasteiger partial charge on any atom is -0.480 e. The van der Waals surface area contributed by atoms with E-state index in [1.54, 1.807) is 0 Å². The van der Waals surface area contributed by atoms with Gasteiger partial charge in [0.1, 0.15) is 6.54 Å². The van der Waals surface area contributed by atoms with Gasteiger partial charge >= 0.3 is 12.0 Å². The average molecular weight is 285 g/mol. The van der Waals surface area contributed by atoms with Crippen molar-refractivity contribution in [1.82, 2.24) is 15.1 Å². The first-order valence-electron chi connectivity index (χ1n) is 7.12. The maximum Gasteiger partial charge on any atom is 0.323 e. The largest absolute Gasteiger partial charge is 0.480 e. The van der Waals surface area contributed by atoms with E-state index in [4.69, 9.17) is 5.11 Å². The van der Waals surface area contributed by atoms with Gasteiger partial charge in [-0.05, 0) is 47.6 Å². The van der Waals surface area contributed by atoms with Crippen molar-refractivity contribution in [3.63, 3.8) is 0 Å². The van der Waals surface area contributed by atoms with Crippen LogP contribution in [0.15, 0.2) is 0 Å². The number of amides is 2. The average Bonchev–Trinajstić information content (AvgIpc) is 3.14. The molecule has 0 bridgehead atoms. The van der Waals surface area contributed by atoms with Gasteiger partial charge in [0.05, 0.1) is 0 Å². The van der Waals surface area contributed by atoms with Crippen molar-refractivity contribution in [3.8, 4) is 0 Å². The molecule has 0 spiro atoms. The van der Waals surface area contributed by atoms with Gasteiger partial charge in [0, 0.05) is 24.2 Å². The minimum absolute atomic E-state index is 0.248. The van der Waals surface area contributed by atoms with Crippen LogP contribution in [0.3, 0.4) is 0 Å². The van der Waals surface area contributed by atoms with E-state index in [9.17, 15) is 9.59 Å². The fourth-order valence-electron chi connectivity index (χ4n) is 2.07. The van der Waals surface area contributed by atoms with Crippen LogP contribution in [-0.2, 0) is 4.79 Å². The number of carboxylic acid groups (broad SMARTS) is 1. The first-order valence-corrected chi connectivity index (χ1v) is 7.12. The summed E-state index contributed by atoms with van der Waals surface area (Å²) in [5.41, 5.74) is -0.520. The molecule has 0 aromatic carbocycles. The van der Waals surface area contributed by atoms with Crippen molar-refractivity contribution in [1.29, 1.82) is 0 Å². The number of nitrogens with zero attached hydrogens (tertiary/aromatic N) is 2. The minimum atomic E-state index is -1.00. The summed E-state index contributed by atoms with van der Waals surface area (Å²) in [6.45, 7) is 7.79. The fraction of sp³-hybridized carbons (Fsp3) is 0.857. The number of hydrogen-bond acceptors (Lipinski definition) is 3. The normalized spacial score (nSPS) is 16.9. The zero-order valence-corrected chi connectivity index (χ0v) is 13.1. The molecule has 2 N–H and O–H groups in total. The lowest BCUT2D eigenvalue weighted by Crippen LogP contribution is -2.54. The Morgan fingerprint density at radius 3 is 2.30 bits per heavy atom. The molecule has 0 saturated heterocycles. The summed E-state index contributed by atoms with van der Waals surface area (Å²) in [6.07, 6.45) is 2.45. The topological polar surface area (TPSA) is 72.9 Å². The van der Waals surface area contributed by atoms with E-state index in [2.05, 4.69) is 24.2 Å². The highest BCUT2D eigenvalue weighted by Crippen LogP contribution is 2.26. The molecule has 0 heterocycles. The molecule has 6 nitrogen and oxygen atoms in total. The highest BCUT2D eigenvalue weighted by Gasteiger charge is 2.31. The van der Waals surface area contributed by atoms with Crippen LogP contribution < -0.4 is 5.32 Å². The van der Waals surface area contributed by atoms with E-state index in [0.29, 0.717) is 12.6 Å². The van der Waals surface area contributed by atoms with E-state index in [1.165, 1.54) is 17.7 Å². The van der Waals surface area contributed by atoms with E-state index in [0.717, 1.165) is 0 Å². The molecule has 0 aromatic heterocycles. The fourth-order valence-corrected chi connectivity index (χ4v) is 2.07. The van der Waals surface area contributed by atoms with E-state index in [1.807, 2.05) is 20.8 Å². The lowest BCUT2D eigenvalue weighted by Gasteiger charge is -2.35. The van der Waals surface area contributed by atoms with Crippen LogP contribution in [-0.4, -0.2) is 64.7 Å². The van der Waals surface area contributed by atoms with Crippen LogP contribution in [0.1, 0.15) is 40.5 Å². The lowest BCUT2D eigenvalue weighted by molar-refractivity contribution is -0.138. The Balaban J connectivity index is 2.50. The van der Waals surface area contributed by atoms with Crippen molar-refractivity contribution in [2.75, 3.05) is 20.1 Å². The summed E-state index contributed by atoms with van der Waals surface area (Å²) in [4.78, 5) is 26.7. The van der Waals surface area contributed by atoms with Crippen LogP contribution in [0.2, 0.25) is 0 Å². The summed E-state index contributed by atoms with van der Waals surface area (Å²) in [6, 6.07) is 0.564. The maximum absolute atomic E-state index is 12.2. The van der Waals surface area contributed by atoms with Crippen LogP contribution in [0, 0.1) is 0 Å². The van der Waals surface area contributed by atoms with Crippen molar-refractivity contribution in [2.24, 2.45) is 0 Å². The molecule has 20 heavy (non-hydrogen) atoms. The van der Waals surface area contributed by atoms with Crippen LogP contribution in [0.4, 0.5) is 4.79 Å². The number of urea groups is 1. The number of carbonyl (C=O) groups excluding carboxylic acids is 1. The Kier molecular flexibility index (Phi) is 5.39. The number of likely N-dealkylation sites (N-methyl/N-ethyl adjacent to an activating group) is 1. The Morgan fingerprint density at radius 2 is 1.90 bits per heavy atom. The van der Waals surface area contributed by atoms with Crippen molar-refractivity contribution in [3.05, 3.63) is 0 Å². The zero-order chi connectivity index (χ0) is 15.5. The maximum atomic E-state index is 12.2. The van der Waals surface area contributed by atoms with Crippen molar-refractivity contribution >= 4 is 12.0 Å². The Hall–Kier alpha value is -1.30. The number of carboxylic acids is 1. The Labute approximate surface area is 121 Å². The molecule has 0 radical (unpaired) electrons. The molecular formula is C14H27N3O3. The van der Waals surface area contributed by atoms with Gasteiger partial charge in [-0.25, -0.2) is 4.79 Å². The third-order valence-corrected chi connectivity index (χ3v) is 3.72. The van der Waals surface area contributed by atoms with Crippen molar-refractivity contribution in [2.45, 2.75) is 58.2 Å². The molecule has 2 amide bonds. The van der Waals surface area contributed by atoms with Gasteiger partial charge in [-0.15, -0.1) is 0 Å². The molecule has 0 aromatic rings. The Bertz CT molecular complexity index is 361. The Morgan fingerprint density at radius 1 is 1.35 bits per heavy atom. The first-order chi connectivity index (χ1) is 9.12. The number of hydrogen-bond donors (Lipinski definition) is 2. The molecule has 1 rings (SSSR count). The summed E-state index contributed by atoms with van der Waals surface area (Å²) in [5.74, 6) is -1.00. The molecule has 1 saturated carbocycles. The summed E-state index contributed by atoms with van der Waals surface area (Å²) < 4.78 is 0. The smallest absolute Gasteiger partial charge is 0.323 e. The monoisotopic (exact) mass is 285 g/mol. The van der Waals surface area contributed by atoms with Gasteiger partial charge in [-0.3, -0.25) is 9.69 Å². The van der Waals surface area contributed by atoms with Crippen LogP contribution in [0.5, 0.6) is 0 Å². The zero-order valence-electron chi connectivity index (χ0n) is 13.1. The second-order valence-electron chi connectivity index (χ2n) is 6.58. The van der Waals surface area contributed by atoms with Gasteiger partial charge in [-0.2, -0.15) is 0 Å². The third kappa shape index (κ3) is 5.00. The van der Waals surface area contributed by atoms with Gasteiger partial charge in [-0.1, -0.05) is 0 Å². The molecule has 0 aliphatic heterocycles. The first kappa shape index (κ1) is 16.8. The predicted octanol–water partition coefficient (Wildman–Crippen LogP) is 1.36. The lowest BCUT2D eigenvalue weighted by atomic mass is 10.1. The number of rotatable bonds is 6. The summed E-state index contributed by atoms with van der Waals surface area (Å²) >= 11 is 0. The molecule has 1 fully saturated rings. The van der Waals surface area contributed by atoms with Gasteiger partial charge < -0.3 is 15.3 Å². The van der Waals surface area contributed by atoms with Gasteiger partial charge in [0.15, 0.2) is 0 Å². The van der Waals surface area contributed by atoms with E-state index < -0.39 is 11.5 Å². The highest BCUT2D eigenvalue weighted by molar-refractivity contribution is 5.80. The molecule has 1 aliphatic rings. The van der Waals surface area contributed by atoms with E-state index in [-0.39, 0.29) is 18.6 Å². The number of aliphatic carboxylic acids is 1. The SMILES string of the molecule is CC(CNC(=O)N(CC(=O)O)C(C)(C)C)N(C)C1CC1. The molecule has 1 unspecified atom stereocenters. The molecule has 1 aliphatic carbocycles. The highest BCUT2D eigenvalue weighted by atomic mass is 16.4. The van der Waals surface area contributed by atoms with E-state index >= 15 is 0 Å². The van der Waals surface area contributed by atoms with Crippen LogP contribution >= 0.6 is 0 Å². The summed E-state index contributed by atoms with van der Waals surface area (Å²) in [7, 11) is 2.06. The molecular weight excluding hydrogens is 258 g/mol.